The summed E-state index contributed by atoms with van der Waals surface area (Å²) in [5.41, 5.74) is 1.84. The summed E-state index contributed by atoms with van der Waals surface area (Å²) in [6, 6.07) is 15.3. The van der Waals surface area contributed by atoms with Gasteiger partial charge in [0.2, 0.25) is 0 Å². The first-order chi connectivity index (χ1) is 13.7. The molecule has 2 aliphatic rings. The zero-order valence-corrected chi connectivity index (χ0v) is 16.5. The molecule has 2 saturated heterocycles. The molecular formula is C22H25ClN2O3. The molecule has 2 aromatic rings. The maximum atomic E-state index is 12.4. The summed E-state index contributed by atoms with van der Waals surface area (Å²) in [4.78, 5) is 14.8. The number of benzene rings is 2. The van der Waals surface area contributed by atoms with E-state index < -0.39 is 0 Å². The molecule has 2 fully saturated rings. The first-order valence-corrected chi connectivity index (χ1v) is 10.2. The van der Waals surface area contributed by atoms with Crippen molar-refractivity contribution in [2.75, 3.05) is 37.7 Å². The Morgan fingerprint density at radius 2 is 1.93 bits per heavy atom. The molecule has 148 valence electrons. The number of amides is 1. The lowest BCUT2D eigenvalue weighted by molar-refractivity contribution is 0.0948. The standard InChI is InChI=1S/C22H25ClN2O3/c23-18-3-5-19(6-4-18)25-11-9-16(14-25)13-24-22(26)17-1-7-20(8-2-17)28-21-10-12-27-15-21/h1-8,16,21H,9-15H2,(H,24,26). The third kappa shape index (κ3) is 4.78. The minimum absolute atomic E-state index is 0.0410. The fourth-order valence-corrected chi connectivity index (χ4v) is 3.83. The van der Waals surface area contributed by atoms with Crippen LogP contribution in [0.25, 0.3) is 0 Å². The molecule has 5 nitrogen and oxygen atoms in total. The molecular weight excluding hydrogens is 376 g/mol. The molecule has 2 aromatic carbocycles. The van der Waals surface area contributed by atoms with Crippen molar-refractivity contribution in [2.24, 2.45) is 5.92 Å². The maximum Gasteiger partial charge on any atom is 0.251 e. The van der Waals surface area contributed by atoms with E-state index in [9.17, 15) is 4.79 Å². The molecule has 6 heteroatoms. The zero-order chi connectivity index (χ0) is 19.3. The second kappa shape index (κ2) is 8.84. The highest BCUT2D eigenvalue weighted by Gasteiger charge is 2.23. The van der Waals surface area contributed by atoms with E-state index in [1.54, 1.807) is 0 Å². The molecule has 1 N–H and O–H groups in total. The van der Waals surface area contributed by atoms with Gasteiger partial charge >= 0.3 is 0 Å². The minimum Gasteiger partial charge on any atom is -0.488 e. The van der Waals surface area contributed by atoms with Crippen molar-refractivity contribution >= 4 is 23.2 Å². The Balaban J connectivity index is 1.24. The Morgan fingerprint density at radius 1 is 1.14 bits per heavy atom. The number of nitrogens with one attached hydrogen (secondary N) is 1. The van der Waals surface area contributed by atoms with Crippen LogP contribution >= 0.6 is 11.6 Å². The van der Waals surface area contributed by atoms with Gasteiger partial charge in [0, 0.05) is 42.3 Å². The Bertz CT molecular complexity index is 788. The summed E-state index contributed by atoms with van der Waals surface area (Å²) in [6.07, 6.45) is 2.10. The lowest BCUT2D eigenvalue weighted by Gasteiger charge is -2.19. The molecule has 0 bridgehead atoms. The Kier molecular flexibility index (Phi) is 6.03. The third-order valence-corrected chi connectivity index (χ3v) is 5.59. The van der Waals surface area contributed by atoms with Gasteiger partial charge in [-0.3, -0.25) is 4.79 Å². The number of hydrogen-bond donors (Lipinski definition) is 1. The van der Waals surface area contributed by atoms with Crippen LogP contribution in [0.2, 0.25) is 5.02 Å². The van der Waals surface area contributed by atoms with Crippen molar-refractivity contribution in [3.8, 4) is 5.75 Å². The van der Waals surface area contributed by atoms with E-state index in [0.717, 1.165) is 43.3 Å². The Hall–Kier alpha value is -2.24. The minimum atomic E-state index is -0.0410. The number of ether oxygens (including phenoxy) is 2. The van der Waals surface area contributed by atoms with E-state index >= 15 is 0 Å². The van der Waals surface area contributed by atoms with Crippen LogP contribution in [0.3, 0.4) is 0 Å². The van der Waals surface area contributed by atoms with Gasteiger partial charge in [-0.1, -0.05) is 11.6 Å². The highest BCUT2D eigenvalue weighted by atomic mass is 35.5. The first kappa shape index (κ1) is 19.1. The lowest BCUT2D eigenvalue weighted by atomic mass is 10.1. The lowest BCUT2D eigenvalue weighted by Crippen LogP contribution is -2.31. The number of rotatable bonds is 6. The summed E-state index contributed by atoms with van der Waals surface area (Å²) in [5.74, 6) is 1.19. The van der Waals surface area contributed by atoms with Crippen molar-refractivity contribution in [2.45, 2.75) is 18.9 Å². The molecule has 0 aliphatic carbocycles. The SMILES string of the molecule is O=C(NCC1CCN(c2ccc(Cl)cc2)C1)c1ccc(OC2CCOC2)cc1. The molecule has 2 atom stereocenters. The number of anilines is 1. The number of nitrogens with zero attached hydrogens (tertiary/aromatic N) is 1. The monoisotopic (exact) mass is 400 g/mol. The van der Waals surface area contributed by atoms with E-state index in [1.165, 1.54) is 5.69 Å². The Labute approximate surface area is 170 Å². The van der Waals surface area contributed by atoms with E-state index in [-0.39, 0.29) is 12.0 Å². The van der Waals surface area contributed by atoms with Crippen molar-refractivity contribution in [3.05, 3.63) is 59.1 Å². The highest BCUT2D eigenvalue weighted by Crippen LogP contribution is 2.25. The van der Waals surface area contributed by atoms with Crippen LogP contribution in [-0.2, 0) is 4.74 Å². The van der Waals surface area contributed by atoms with E-state index in [0.29, 0.717) is 24.6 Å². The van der Waals surface area contributed by atoms with Gasteiger partial charge in [0.1, 0.15) is 11.9 Å². The van der Waals surface area contributed by atoms with Gasteiger partial charge in [-0.2, -0.15) is 0 Å². The number of halogens is 1. The summed E-state index contributed by atoms with van der Waals surface area (Å²) in [7, 11) is 0. The maximum absolute atomic E-state index is 12.4. The second-order valence-electron chi connectivity index (χ2n) is 7.41. The van der Waals surface area contributed by atoms with Gasteiger partial charge in [-0.05, 0) is 60.9 Å². The van der Waals surface area contributed by atoms with Crippen LogP contribution < -0.4 is 15.0 Å². The molecule has 0 spiro atoms. The van der Waals surface area contributed by atoms with Crippen LogP contribution in [-0.4, -0.2) is 44.9 Å². The normalized spacial score (nSPS) is 21.7. The summed E-state index contributed by atoms with van der Waals surface area (Å²) in [5, 5.41) is 3.82. The Morgan fingerprint density at radius 3 is 2.64 bits per heavy atom. The number of hydrogen-bond acceptors (Lipinski definition) is 4. The van der Waals surface area contributed by atoms with Crippen LogP contribution in [0.5, 0.6) is 5.75 Å². The van der Waals surface area contributed by atoms with Crippen molar-refractivity contribution < 1.29 is 14.3 Å². The first-order valence-electron chi connectivity index (χ1n) is 9.80. The second-order valence-corrected chi connectivity index (χ2v) is 7.85. The van der Waals surface area contributed by atoms with Crippen molar-refractivity contribution in [1.82, 2.24) is 5.32 Å². The third-order valence-electron chi connectivity index (χ3n) is 5.34. The van der Waals surface area contributed by atoms with Gasteiger partial charge in [0.15, 0.2) is 0 Å². The molecule has 2 aliphatic heterocycles. The molecule has 0 aromatic heterocycles. The van der Waals surface area contributed by atoms with E-state index in [1.807, 2.05) is 48.5 Å². The van der Waals surface area contributed by atoms with Gasteiger partial charge in [-0.25, -0.2) is 0 Å². The molecule has 4 rings (SSSR count). The topological polar surface area (TPSA) is 50.8 Å². The number of carbonyl (C=O) groups is 1. The highest BCUT2D eigenvalue weighted by molar-refractivity contribution is 6.30. The van der Waals surface area contributed by atoms with Crippen LogP contribution in [0, 0.1) is 5.92 Å². The molecule has 0 radical (unpaired) electrons. The van der Waals surface area contributed by atoms with E-state index in [4.69, 9.17) is 21.1 Å². The predicted molar refractivity (Wildman–Crippen MR) is 110 cm³/mol. The summed E-state index contributed by atoms with van der Waals surface area (Å²) < 4.78 is 11.2. The van der Waals surface area contributed by atoms with E-state index in [2.05, 4.69) is 10.2 Å². The van der Waals surface area contributed by atoms with Gasteiger partial charge in [-0.15, -0.1) is 0 Å². The predicted octanol–water partition coefficient (Wildman–Crippen LogP) is 3.76. The van der Waals surface area contributed by atoms with Crippen molar-refractivity contribution in [3.63, 3.8) is 0 Å². The summed E-state index contributed by atoms with van der Waals surface area (Å²) in [6.45, 7) is 4.01. The molecule has 2 heterocycles. The van der Waals surface area contributed by atoms with Gasteiger partial charge in [0.25, 0.3) is 5.91 Å². The number of carbonyl (C=O) groups excluding carboxylic acids is 1. The fraction of sp³-hybridized carbons (Fsp3) is 0.409. The molecule has 2 unspecified atom stereocenters. The van der Waals surface area contributed by atoms with Crippen LogP contribution in [0.1, 0.15) is 23.2 Å². The average Bonchev–Trinajstić information content (AvgIpc) is 3.39. The fourth-order valence-electron chi connectivity index (χ4n) is 3.71. The largest absolute Gasteiger partial charge is 0.488 e. The van der Waals surface area contributed by atoms with Crippen molar-refractivity contribution in [1.29, 1.82) is 0 Å². The zero-order valence-electron chi connectivity index (χ0n) is 15.8. The molecule has 1 amide bonds. The molecule has 28 heavy (non-hydrogen) atoms. The van der Waals surface area contributed by atoms with Crippen LogP contribution in [0.15, 0.2) is 48.5 Å². The average molecular weight is 401 g/mol. The smallest absolute Gasteiger partial charge is 0.251 e. The van der Waals surface area contributed by atoms with Crippen LogP contribution in [0.4, 0.5) is 5.69 Å². The van der Waals surface area contributed by atoms with Gasteiger partial charge < -0.3 is 19.7 Å². The van der Waals surface area contributed by atoms with Gasteiger partial charge in [0.05, 0.1) is 13.2 Å². The summed E-state index contributed by atoms with van der Waals surface area (Å²) >= 11 is 5.96. The molecule has 0 saturated carbocycles. The quantitative estimate of drug-likeness (QED) is 0.802.